The molecule has 0 aliphatic rings. The third-order valence-electron chi connectivity index (χ3n) is 2.76. The van der Waals surface area contributed by atoms with Crippen molar-refractivity contribution in [3.63, 3.8) is 0 Å². The quantitative estimate of drug-likeness (QED) is 0.821. The Morgan fingerprint density at radius 2 is 1.81 bits per heavy atom. The van der Waals surface area contributed by atoms with E-state index in [9.17, 15) is 8.42 Å². The lowest BCUT2D eigenvalue weighted by molar-refractivity contribution is 0.601. The van der Waals surface area contributed by atoms with E-state index in [-0.39, 0.29) is 9.92 Å². The Morgan fingerprint density at radius 3 is 2.43 bits per heavy atom. The summed E-state index contributed by atoms with van der Waals surface area (Å²) in [5.41, 5.74) is 1.33. The van der Waals surface area contributed by atoms with E-state index in [2.05, 4.69) is 26.0 Å². The van der Waals surface area contributed by atoms with Crippen molar-refractivity contribution in [3.8, 4) is 0 Å². The van der Waals surface area contributed by atoms with Gasteiger partial charge in [-0.25, -0.2) is 8.42 Å². The van der Waals surface area contributed by atoms with E-state index >= 15 is 0 Å². The number of hydrogen-bond acceptors (Lipinski definition) is 3. The van der Waals surface area contributed by atoms with E-state index in [1.165, 1.54) is 0 Å². The van der Waals surface area contributed by atoms with Gasteiger partial charge in [-0.15, -0.1) is 0 Å². The van der Waals surface area contributed by atoms with Crippen molar-refractivity contribution in [2.24, 2.45) is 0 Å². The van der Waals surface area contributed by atoms with Gasteiger partial charge in [0, 0.05) is 16.7 Å². The Hall–Kier alpha value is -1.08. The maximum Gasteiger partial charge on any atom is 0.263 e. The van der Waals surface area contributed by atoms with Crippen LogP contribution < -0.4 is 10.0 Å². The molecule has 0 amide bonds. The normalized spacial score (nSPS) is 11.4. The summed E-state index contributed by atoms with van der Waals surface area (Å²) in [6, 6.07) is 11.8. The van der Waals surface area contributed by atoms with Crippen molar-refractivity contribution >= 4 is 43.2 Å². The average Bonchev–Trinajstić information content (AvgIpc) is 2.43. The second-order valence-corrected chi connectivity index (χ2v) is 7.38. The standard InChI is InChI=1S/C14H14BrClN2O2S/c1-17-9-10-2-7-13(16)14(8-10)21(19,20)18-12-5-3-11(15)4-6-12/h2-8,17-18H,9H2,1H3. The van der Waals surface area contributed by atoms with Crippen LogP contribution in [0.25, 0.3) is 0 Å². The summed E-state index contributed by atoms with van der Waals surface area (Å²) in [5.74, 6) is 0. The Morgan fingerprint density at radius 1 is 1.14 bits per heavy atom. The second kappa shape index (κ2) is 6.79. The molecule has 0 atom stereocenters. The summed E-state index contributed by atoms with van der Waals surface area (Å²) < 4.78 is 28.3. The summed E-state index contributed by atoms with van der Waals surface area (Å²) in [7, 11) is -1.93. The second-order valence-electron chi connectivity index (χ2n) is 4.41. The predicted octanol–water partition coefficient (Wildman–Crippen LogP) is 3.62. The number of rotatable bonds is 5. The Labute approximate surface area is 137 Å². The molecule has 0 radical (unpaired) electrons. The lowest BCUT2D eigenvalue weighted by Gasteiger charge is -2.11. The van der Waals surface area contributed by atoms with E-state index in [4.69, 9.17) is 11.6 Å². The zero-order valence-corrected chi connectivity index (χ0v) is 14.4. The van der Waals surface area contributed by atoms with Crippen LogP contribution in [0.5, 0.6) is 0 Å². The van der Waals surface area contributed by atoms with Crippen LogP contribution >= 0.6 is 27.5 Å². The molecule has 0 heterocycles. The van der Waals surface area contributed by atoms with Crippen molar-refractivity contribution < 1.29 is 8.42 Å². The zero-order valence-electron chi connectivity index (χ0n) is 11.2. The molecule has 2 aromatic rings. The Balaban J connectivity index is 2.34. The van der Waals surface area contributed by atoms with Gasteiger partial charge in [0.1, 0.15) is 4.90 Å². The fourth-order valence-corrected chi connectivity index (χ4v) is 3.67. The first kappa shape index (κ1) is 16.3. The van der Waals surface area contributed by atoms with Crippen molar-refractivity contribution in [1.82, 2.24) is 5.32 Å². The third kappa shape index (κ3) is 4.20. The Kier molecular flexibility index (Phi) is 5.27. The minimum Gasteiger partial charge on any atom is -0.316 e. The first-order chi connectivity index (χ1) is 9.92. The van der Waals surface area contributed by atoms with Gasteiger partial charge in [-0.1, -0.05) is 33.6 Å². The molecule has 7 heteroatoms. The SMILES string of the molecule is CNCc1ccc(Cl)c(S(=O)(=O)Nc2ccc(Br)cc2)c1. The molecule has 0 aliphatic carbocycles. The number of benzene rings is 2. The molecule has 112 valence electrons. The predicted molar refractivity (Wildman–Crippen MR) is 89.2 cm³/mol. The van der Waals surface area contributed by atoms with Gasteiger partial charge in [0.2, 0.25) is 0 Å². The molecule has 2 N–H and O–H groups in total. The van der Waals surface area contributed by atoms with Gasteiger partial charge in [-0.3, -0.25) is 4.72 Å². The van der Waals surface area contributed by atoms with Crippen LogP contribution in [0.15, 0.2) is 51.8 Å². The first-order valence-corrected chi connectivity index (χ1v) is 8.79. The monoisotopic (exact) mass is 388 g/mol. The van der Waals surface area contributed by atoms with Crippen LogP contribution in [0, 0.1) is 0 Å². The van der Waals surface area contributed by atoms with Gasteiger partial charge < -0.3 is 5.32 Å². The summed E-state index contributed by atoms with van der Waals surface area (Å²) in [4.78, 5) is 0.0693. The smallest absolute Gasteiger partial charge is 0.263 e. The van der Waals surface area contributed by atoms with Crippen LogP contribution in [-0.2, 0) is 16.6 Å². The van der Waals surface area contributed by atoms with Crippen LogP contribution in [0.2, 0.25) is 5.02 Å². The summed E-state index contributed by atoms with van der Waals surface area (Å²) in [6.45, 7) is 0.567. The molecule has 2 aromatic carbocycles. The topological polar surface area (TPSA) is 58.2 Å². The highest BCUT2D eigenvalue weighted by Gasteiger charge is 2.18. The molecule has 2 rings (SSSR count). The van der Waals surface area contributed by atoms with Crippen LogP contribution in [0.1, 0.15) is 5.56 Å². The van der Waals surface area contributed by atoms with Gasteiger partial charge in [0.15, 0.2) is 0 Å². The lowest BCUT2D eigenvalue weighted by Crippen LogP contribution is -2.14. The lowest BCUT2D eigenvalue weighted by atomic mass is 10.2. The number of nitrogens with one attached hydrogen (secondary N) is 2. The third-order valence-corrected chi connectivity index (χ3v) is 5.15. The van der Waals surface area contributed by atoms with E-state index in [1.807, 2.05) is 0 Å². The maximum atomic E-state index is 12.4. The van der Waals surface area contributed by atoms with Crippen molar-refractivity contribution in [2.75, 3.05) is 11.8 Å². The molecule has 21 heavy (non-hydrogen) atoms. The zero-order chi connectivity index (χ0) is 15.5. The average molecular weight is 390 g/mol. The first-order valence-electron chi connectivity index (χ1n) is 6.14. The Bertz CT molecular complexity index is 733. The van der Waals surface area contributed by atoms with Crippen LogP contribution in [0.4, 0.5) is 5.69 Å². The van der Waals surface area contributed by atoms with Gasteiger partial charge in [0.05, 0.1) is 5.02 Å². The largest absolute Gasteiger partial charge is 0.316 e. The molecule has 0 bridgehead atoms. The van der Waals surface area contributed by atoms with Gasteiger partial charge in [-0.05, 0) is 49.0 Å². The molecule has 0 unspecified atom stereocenters. The van der Waals surface area contributed by atoms with E-state index < -0.39 is 10.0 Å². The number of halogens is 2. The van der Waals surface area contributed by atoms with Gasteiger partial charge in [0.25, 0.3) is 10.0 Å². The van der Waals surface area contributed by atoms with E-state index in [0.29, 0.717) is 12.2 Å². The summed E-state index contributed by atoms with van der Waals surface area (Å²) in [6.07, 6.45) is 0. The van der Waals surface area contributed by atoms with Crippen molar-refractivity contribution in [3.05, 3.63) is 57.5 Å². The molecule has 0 saturated heterocycles. The molecular weight excluding hydrogens is 376 g/mol. The van der Waals surface area contributed by atoms with Gasteiger partial charge in [-0.2, -0.15) is 0 Å². The van der Waals surface area contributed by atoms with E-state index in [0.717, 1.165) is 10.0 Å². The highest BCUT2D eigenvalue weighted by Crippen LogP contribution is 2.25. The van der Waals surface area contributed by atoms with Crippen LogP contribution in [-0.4, -0.2) is 15.5 Å². The van der Waals surface area contributed by atoms with E-state index in [1.54, 1.807) is 49.5 Å². The highest BCUT2D eigenvalue weighted by molar-refractivity contribution is 9.10. The maximum absolute atomic E-state index is 12.4. The molecule has 0 aliphatic heterocycles. The number of anilines is 1. The molecule has 0 fully saturated rings. The number of sulfonamides is 1. The molecule has 4 nitrogen and oxygen atoms in total. The van der Waals surface area contributed by atoms with Crippen LogP contribution in [0.3, 0.4) is 0 Å². The molecule has 0 saturated carbocycles. The molecule has 0 spiro atoms. The molecular formula is C14H14BrClN2O2S. The molecule has 0 aromatic heterocycles. The summed E-state index contributed by atoms with van der Waals surface area (Å²) >= 11 is 9.33. The van der Waals surface area contributed by atoms with Crippen molar-refractivity contribution in [1.29, 1.82) is 0 Å². The minimum atomic E-state index is -3.72. The number of hydrogen-bond donors (Lipinski definition) is 2. The minimum absolute atomic E-state index is 0.0693. The fraction of sp³-hybridized carbons (Fsp3) is 0.143. The van der Waals surface area contributed by atoms with Gasteiger partial charge >= 0.3 is 0 Å². The van der Waals surface area contributed by atoms with Crippen molar-refractivity contribution in [2.45, 2.75) is 11.4 Å². The fourth-order valence-electron chi connectivity index (χ4n) is 1.80. The summed E-state index contributed by atoms with van der Waals surface area (Å²) in [5, 5.41) is 3.17. The highest BCUT2D eigenvalue weighted by atomic mass is 79.9.